The van der Waals surface area contributed by atoms with Gasteiger partial charge >= 0.3 is 0 Å². The maximum absolute atomic E-state index is 12.4. The Bertz CT molecular complexity index is 376. The van der Waals surface area contributed by atoms with Gasteiger partial charge in [0.1, 0.15) is 0 Å². The first kappa shape index (κ1) is 11.2. The molecule has 1 aliphatic carbocycles. The summed E-state index contributed by atoms with van der Waals surface area (Å²) >= 11 is 0. The molecular weight excluding hydrogens is 198 g/mol. The van der Waals surface area contributed by atoms with Crippen LogP contribution in [0.4, 0.5) is 0 Å². The second-order valence-corrected chi connectivity index (χ2v) is 5.09. The zero-order valence-electron chi connectivity index (χ0n) is 10.2. The minimum atomic E-state index is -0.0897. The fourth-order valence-corrected chi connectivity index (χ4v) is 2.15. The minimum absolute atomic E-state index is 0.000764. The van der Waals surface area contributed by atoms with Crippen LogP contribution in [0.15, 0.2) is 36.6 Å². The molecule has 1 aliphatic heterocycles. The van der Waals surface area contributed by atoms with Crippen LogP contribution >= 0.6 is 0 Å². The third-order valence-electron chi connectivity index (χ3n) is 3.67. The Balaban J connectivity index is 2.29. The molecule has 2 nitrogen and oxygen atoms in total. The molecule has 0 saturated carbocycles. The SMILES string of the molecule is CCC(C)(C)N1C=CC2C=CC=CC2C1=O. The number of nitrogens with zero attached hydrogens (tertiary/aromatic N) is 1. The van der Waals surface area contributed by atoms with Gasteiger partial charge in [0.2, 0.25) is 5.91 Å². The molecule has 1 amide bonds. The van der Waals surface area contributed by atoms with Gasteiger partial charge in [-0.25, -0.2) is 0 Å². The summed E-state index contributed by atoms with van der Waals surface area (Å²) in [6.45, 7) is 6.33. The molecule has 2 rings (SSSR count). The van der Waals surface area contributed by atoms with Gasteiger partial charge < -0.3 is 4.90 Å². The molecule has 2 aliphatic rings. The number of hydrogen-bond donors (Lipinski definition) is 0. The third-order valence-corrected chi connectivity index (χ3v) is 3.67. The van der Waals surface area contributed by atoms with Crippen molar-refractivity contribution in [1.29, 1.82) is 0 Å². The Morgan fingerprint density at radius 2 is 1.94 bits per heavy atom. The van der Waals surface area contributed by atoms with Gasteiger partial charge in [-0.15, -0.1) is 0 Å². The molecule has 0 spiro atoms. The van der Waals surface area contributed by atoms with Gasteiger partial charge in [-0.05, 0) is 20.3 Å². The topological polar surface area (TPSA) is 20.3 Å². The number of hydrogen-bond acceptors (Lipinski definition) is 1. The quantitative estimate of drug-likeness (QED) is 0.696. The zero-order chi connectivity index (χ0) is 11.8. The van der Waals surface area contributed by atoms with Crippen molar-refractivity contribution >= 4 is 5.91 Å². The Labute approximate surface area is 97.3 Å². The summed E-state index contributed by atoms with van der Waals surface area (Å²) in [5.41, 5.74) is -0.0897. The summed E-state index contributed by atoms with van der Waals surface area (Å²) in [7, 11) is 0. The Morgan fingerprint density at radius 1 is 1.25 bits per heavy atom. The van der Waals surface area contributed by atoms with E-state index in [0.29, 0.717) is 0 Å². The van der Waals surface area contributed by atoms with Crippen LogP contribution in [0, 0.1) is 11.8 Å². The summed E-state index contributed by atoms with van der Waals surface area (Å²) < 4.78 is 0. The lowest BCUT2D eigenvalue weighted by atomic mass is 9.83. The standard InChI is InChI=1S/C14H19NO/c1-4-14(2,3)15-10-9-11-7-5-6-8-12(11)13(15)16/h5-12H,4H2,1-3H3. The lowest BCUT2D eigenvalue weighted by molar-refractivity contribution is -0.137. The van der Waals surface area contributed by atoms with Gasteiger partial charge in [0.25, 0.3) is 0 Å². The molecule has 0 N–H and O–H groups in total. The molecule has 0 radical (unpaired) electrons. The van der Waals surface area contributed by atoms with E-state index in [2.05, 4.69) is 32.9 Å². The maximum atomic E-state index is 12.4. The van der Waals surface area contributed by atoms with E-state index >= 15 is 0 Å². The van der Waals surface area contributed by atoms with Crippen molar-refractivity contribution in [2.45, 2.75) is 32.7 Å². The molecule has 0 aromatic rings. The van der Waals surface area contributed by atoms with E-state index < -0.39 is 0 Å². The third kappa shape index (κ3) is 1.73. The van der Waals surface area contributed by atoms with Crippen LogP contribution < -0.4 is 0 Å². The molecule has 0 fully saturated rings. The van der Waals surface area contributed by atoms with E-state index in [-0.39, 0.29) is 23.3 Å². The van der Waals surface area contributed by atoms with Crippen molar-refractivity contribution in [3.05, 3.63) is 36.6 Å². The molecule has 2 atom stereocenters. The van der Waals surface area contributed by atoms with Crippen molar-refractivity contribution in [3.8, 4) is 0 Å². The number of rotatable bonds is 2. The van der Waals surface area contributed by atoms with Gasteiger partial charge in [0.05, 0.1) is 5.92 Å². The van der Waals surface area contributed by atoms with Gasteiger partial charge in [0.15, 0.2) is 0 Å². The highest BCUT2D eigenvalue weighted by molar-refractivity contribution is 5.84. The fraction of sp³-hybridized carbons (Fsp3) is 0.500. The largest absolute Gasteiger partial charge is 0.313 e. The van der Waals surface area contributed by atoms with E-state index in [1.54, 1.807) is 0 Å². The van der Waals surface area contributed by atoms with Crippen LogP contribution in [0.3, 0.4) is 0 Å². The van der Waals surface area contributed by atoms with Gasteiger partial charge in [-0.1, -0.05) is 37.3 Å². The van der Waals surface area contributed by atoms with Crippen molar-refractivity contribution in [1.82, 2.24) is 4.90 Å². The van der Waals surface area contributed by atoms with Crippen molar-refractivity contribution < 1.29 is 4.79 Å². The van der Waals surface area contributed by atoms with Crippen molar-refractivity contribution in [2.24, 2.45) is 11.8 Å². The molecule has 1 heterocycles. The van der Waals surface area contributed by atoms with E-state index in [1.807, 2.05) is 29.3 Å². The normalized spacial score (nSPS) is 28.4. The second kappa shape index (κ2) is 3.93. The highest BCUT2D eigenvalue weighted by Crippen LogP contribution is 2.32. The van der Waals surface area contributed by atoms with E-state index in [9.17, 15) is 4.79 Å². The van der Waals surface area contributed by atoms with Crippen LogP contribution in [0.25, 0.3) is 0 Å². The fourth-order valence-electron chi connectivity index (χ4n) is 2.15. The molecule has 0 saturated heterocycles. The van der Waals surface area contributed by atoms with Gasteiger partial charge in [0, 0.05) is 17.7 Å². The smallest absolute Gasteiger partial charge is 0.234 e. The zero-order valence-corrected chi connectivity index (χ0v) is 10.2. The minimum Gasteiger partial charge on any atom is -0.313 e. The maximum Gasteiger partial charge on any atom is 0.234 e. The highest BCUT2D eigenvalue weighted by Gasteiger charge is 2.37. The van der Waals surface area contributed by atoms with Crippen LogP contribution in [-0.2, 0) is 4.79 Å². The van der Waals surface area contributed by atoms with E-state index in [0.717, 1.165) is 6.42 Å². The summed E-state index contributed by atoms with van der Waals surface area (Å²) in [6.07, 6.45) is 13.1. The lowest BCUT2D eigenvalue weighted by Gasteiger charge is -2.41. The summed E-state index contributed by atoms with van der Waals surface area (Å²) in [5, 5.41) is 0. The molecule has 2 unspecified atom stereocenters. The van der Waals surface area contributed by atoms with E-state index in [1.165, 1.54) is 0 Å². The molecule has 0 aromatic heterocycles. The van der Waals surface area contributed by atoms with Crippen LogP contribution in [0.5, 0.6) is 0 Å². The lowest BCUT2D eigenvalue weighted by Crippen LogP contribution is -2.49. The average Bonchev–Trinajstić information content (AvgIpc) is 2.29. The number of fused-ring (bicyclic) bond motifs is 1. The molecule has 86 valence electrons. The molecular formula is C14H19NO. The first-order valence-electron chi connectivity index (χ1n) is 5.93. The van der Waals surface area contributed by atoms with Crippen LogP contribution in [0.2, 0.25) is 0 Å². The van der Waals surface area contributed by atoms with Crippen molar-refractivity contribution in [3.63, 3.8) is 0 Å². The summed E-state index contributed by atoms with van der Waals surface area (Å²) in [5.74, 6) is 0.474. The van der Waals surface area contributed by atoms with Crippen molar-refractivity contribution in [2.75, 3.05) is 0 Å². The number of carbonyl (C=O) groups is 1. The van der Waals surface area contributed by atoms with E-state index in [4.69, 9.17) is 0 Å². The number of amides is 1. The Kier molecular flexibility index (Phi) is 2.75. The second-order valence-electron chi connectivity index (χ2n) is 5.09. The van der Waals surface area contributed by atoms with Crippen LogP contribution in [-0.4, -0.2) is 16.3 Å². The first-order chi connectivity index (χ1) is 7.56. The van der Waals surface area contributed by atoms with Gasteiger partial charge in [-0.3, -0.25) is 4.79 Å². The highest BCUT2D eigenvalue weighted by atomic mass is 16.2. The Hall–Kier alpha value is -1.31. The summed E-state index contributed by atoms with van der Waals surface area (Å²) in [4.78, 5) is 14.2. The number of carbonyl (C=O) groups excluding carboxylic acids is 1. The first-order valence-corrected chi connectivity index (χ1v) is 5.93. The van der Waals surface area contributed by atoms with Crippen LogP contribution in [0.1, 0.15) is 27.2 Å². The molecule has 2 heteroatoms. The number of allylic oxidation sites excluding steroid dienone is 4. The predicted octanol–water partition coefficient (Wildman–Crippen LogP) is 2.89. The molecule has 0 aromatic carbocycles. The monoisotopic (exact) mass is 217 g/mol. The van der Waals surface area contributed by atoms with Gasteiger partial charge in [-0.2, -0.15) is 0 Å². The Morgan fingerprint density at radius 3 is 2.62 bits per heavy atom. The molecule has 16 heavy (non-hydrogen) atoms. The predicted molar refractivity (Wildman–Crippen MR) is 65.6 cm³/mol. The average molecular weight is 217 g/mol. The molecule has 0 bridgehead atoms. The summed E-state index contributed by atoms with van der Waals surface area (Å²) in [6, 6.07) is 0.